The third-order valence-electron chi connectivity index (χ3n) is 3.36. The molecule has 2 rings (SSSR count). The molecule has 1 heterocycles. The van der Waals surface area contributed by atoms with Crippen LogP contribution in [0.1, 0.15) is 29.9 Å². The number of carbonyl (C=O) groups is 1. The fraction of sp³-hybridized carbons (Fsp3) is 0.250. The van der Waals surface area contributed by atoms with Crippen molar-refractivity contribution in [1.29, 1.82) is 0 Å². The van der Waals surface area contributed by atoms with Gasteiger partial charge in [-0.3, -0.25) is 9.52 Å². The number of hydrogen-bond donors (Lipinski definition) is 1. The van der Waals surface area contributed by atoms with E-state index in [4.69, 9.17) is 39.5 Å². The molecular weight excluding hydrogens is 455 g/mol. The van der Waals surface area contributed by atoms with Gasteiger partial charge in [0.15, 0.2) is 5.13 Å². The van der Waals surface area contributed by atoms with Gasteiger partial charge < -0.3 is 4.74 Å². The fourth-order valence-electron chi connectivity index (χ4n) is 2.11. The van der Waals surface area contributed by atoms with Gasteiger partial charge in [0.2, 0.25) is 15.1 Å². The third-order valence-corrected chi connectivity index (χ3v) is 6.85. The lowest BCUT2D eigenvalue weighted by atomic mass is 10.1. The maximum absolute atomic E-state index is 12.8. The number of aromatic nitrogens is 1. The van der Waals surface area contributed by atoms with Crippen LogP contribution in [0.3, 0.4) is 0 Å². The number of anilines is 1. The highest BCUT2D eigenvalue weighted by Gasteiger charge is 2.30. The Morgan fingerprint density at radius 1 is 1.37 bits per heavy atom. The summed E-state index contributed by atoms with van der Waals surface area (Å²) in [6.07, 6.45) is 1.38. The van der Waals surface area contributed by atoms with Crippen molar-refractivity contribution in [2.24, 2.45) is 0 Å². The summed E-state index contributed by atoms with van der Waals surface area (Å²) in [6.45, 7) is 6.82. The predicted molar refractivity (Wildman–Crippen MR) is 110 cm³/mol. The molecule has 2 aromatic rings. The molecule has 0 saturated carbocycles. The Morgan fingerprint density at radius 3 is 2.48 bits per heavy atom. The first-order valence-electron chi connectivity index (χ1n) is 7.55. The first kappa shape index (κ1) is 22.0. The van der Waals surface area contributed by atoms with E-state index in [1.165, 1.54) is 18.2 Å². The Hall–Kier alpha value is -1.32. The number of nitrogens with zero attached hydrogens (tertiary/aromatic N) is 1. The molecule has 0 spiro atoms. The van der Waals surface area contributed by atoms with E-state index in [0.717, 1.165) is 11.3 Å². The molecule has 1 unspecified atom stereocenters. The molecule has 146 valence electrons. The van der Waals surface area contributed by atoms with E-state index in [1.807, 2.05) is 0 Å². The van der Waals surface area contributed by atoms with Crippen LogP contribution in [0.25, 0.3) is 0 Å². The van der Waals surface area contributed by atoms with E-state index in [2.05, 4.69) is 16.3 Å². The summed E-state index contributed by atoms with van der Waals surface area (Å²) in [6, 6.07) is 2.79. The van der Waals surface area contributed by atoms with Crippen molar-refractivity contribution in [3.63, 3.8) is 0 Å². The molecule has 1 N–H and O–H groups in total. The van der Waals surface area contributed by atoms with Crippen LogP contribution in [-0.4, -0.2) is 19.4 Å². The normalized spacial score (nSPS) is 12.5. The topological polar surface area (TPSA) is 85.4 Å². The lowest BCUT2D eigenvalue weighted by Gasteiger charge is -2.17. The quantitative estimate of drug-likeness (QED) is 0.433. The van der Waals surface area contributed by atoms with Crippen LogP contribution in [0, 0.1) is 6.92 Å². The minimum Gasteiger partial charge on any atom is -0.413 e. The lowest BCUT2D eigenvalue weighted by molar-refractivity contribution is -0.133. The molecule has 1 aromatic carbocycles. The smallest absolute Gasteiger partial charge is 0.311 e. The van der Waals surface area contributed by atoms with Crippen molar-refractivity contribution < 1.29 is 17.9 Å². The molecule has 6 nitrogen and oxygen atoms in total. The number of thiazole rings is 1. The number of aryl methyl sites for hydroxylation is 1. The molecule has 1 aromatic heterocycles. The van der Waals surface area contributed by atoms with Gasteiger partial charge in [0.1, 0.15) is 5.25 Å². The van der Waals surface area contributed by atoms with Crippen molar-refractivity contribution in [3.05, 3.63) is 51.1 Å². The molecule has 27 heavy (non-hydrogen) atoms. The van der Waals surface area contributed by atoms with Crippen molar-refractivity contribution in [2.75, 3.05) is 4.72 Å². The first-order valence-corrected chi connectivity index (χ1v) is 11.1. The minimum atomic E-state index is -4.05. The van der Waals surface area contributed by atoms with Gasteiger partial charge in [-0.05, 0) is 19.1 Å². The van der Waals surface area contributed by atoms with E-state index in [1.54, 1.807) is 13.8 Å². The third kappa shape index (κ3) is 5.14. The van der Waals surface area contributed by atoms with Gasteiger partial charge in [-0.2, -0.15) is 0 Å². The zero-order valence-electron chi connectivity index (χ0n) is 14.3. The van der Waals surface area contributed by atoms with Crippen LogP contribution < -0.4 is 9.46 Å². The van der Waals surface area contributed by atoms with Gasteiger partial charge in [0.25, 0.3) is 0 Å². The van der Waals surface area contributed by atoms with Crippen molar-refractivity contribution in [3.8, 4) is 5.06 Å². The summed E-state index contributed by atoms with van der Waals surface area (Å²) < 4.78 is 33.2. The Kier molecular flexibility index (Phi) is 7.15. The molecule has 0 aliphatic rings. The Bertz CT molecular complexity index is 967. The molecule has 0 bridgehead atoms. The second-order valence-corrected chi connectivity index (χ2v) is 9.32. The van der Waals surface area contributed by atoms with E-state index < -0.39 is 21.2 Å². The predicted octanol–water partition coefficient (Wildman–Crippen LogP) is 5.40. The van der Waals surface area contributed by atoms with E-state index in [9.17, 15) is 13.2 Å². The highest BCUT2D eigenvalue weighted by atomic mass is 35.5. The number of hydrogen-bond acceptors (Lipinski definition) is 6. The van der Waals surface area contributed by atoms with Gasteiger partial charge in [-0.25, -0.2) is 13.4 Å². The minimum absolute atomic E-state index is 0.0412. The van der Waals surface area contributed by atoms with Gasteiger partial charge in [-0.1, -0.05) is 59.1 Å². The number of benzene rings is 1. The monoisotopic (exact) mass is 468 g/mol. The van der Waals surface area contributed by atoms with Gasteiger partial charge in [0.05, 0.1) is 5.69 Å². The van der Waals surface area contributed by atoms with E-state index in [0.29, 0.717) is 5.69 Å². The van der Waals surface area contributed by atoms with Crippen LogP contribution in [-0.2, 0) is 14.8 Å². The van der Waals surface area contributed by atoms with Crippen LogP contribution in [0.2, 0.25) is 15.1 Å². The van der Waals surface area contributed by atoms with Crippen LogP contribution in [0.5, 0.6) is 5.06 Å². The molecular formula is C16H15Cl3N2O4S2. The number of ether oxygens (including phenoxy) is 1. The van der Waals surface area contributed by atoms with Crippen LogP contribution in [0.15, 0.2) is 24.8 Å². The number of carbonyl (C=O) groups excluding carboxylic acids is 1. The molecule has 0 radical (unpaired) electrons. The summed E-state index contributed by atoms with van der Waals surface area (Å²) in [7, 11) is -4.05. The molecule has 0 aliphatic carbocycles. The average molecular weight is 470 g/mol. The number of rotatable bonds is 7. The summed E-state index contributed by atoms with van der Waals surface area (Å²) in [5, 5.41) is -0.525. The molecule has 0 saturated heterocycles. The zero-order valence-corrected chi connectivity index (χ0v) is 18.2. The summed E-state index contributed by atoms with van der Waals surface area (Å²) in [4.78, 5) is 15.5. The van der Waals surface area contributed by atoms with Crippen molar-refractivity contribution >= 4 is 67.3 Å². The fourth-order valence-corrected chi connectivity index (χ4v) is 5.72. The molecule has 0 amide bonds. The summed E-state index contributed by atoms with van der Waals surface area (Å²) >= 11 is 19.1. The van der Waals surface area contributed by atoms with Crippen LogP contribution in [0.4, 0.5) is 5.13 Å². The zero-order chi connectivity index (χ0) is 20.4. The Morgan fingerprint density at radius 2 is 1.96 bits per heavy atom. The standard InChI is InChI=1S/C16H15Cl3N2O4S2/c1-4-12(14-10(18)6-9(17)7-11(14)19)27(23,24)21-16-20-8(3)15(26-16)25-13(22)5-2/h4,6-7,12H,1,5H2,2-3H3,(H,20,21). The van der Waals surface area contributed by atoms with Gasteiger partial charge >= 0.3 is 5.97 Å². The van der Waals surface area contributed by atoms with Crippen LogP contribution >= 0.6 is 46.1 Å². The SMILES string of the molecule is C=CC(c1c(Cl)cc(Cl)cc1Cl)S(=O)(=O)Nc1nc(C)c(OC(=O)CC)s1. The number of halogens is 3. The number of nitrogens with one attached hydrogen (secondary N) is 1. The van der Waals surface area contributed by atoms with E-state index >= 15 is 0 Å². The first-order chi connectivity index (χ1) is 12.6. The number of esters is 1. The van der Waals surface area contributed by atoms with Crippen molar-refractivity contribution in [1.82, 2.24) is 4.98 Å². The second kappa shape index (κ2) is 8.79. The largest absolute Gasteiger partial charge is 0.413 e. The summed E-state index contributed by atoms with van der Waals surface area (Å²) in [5.74, 6) is -0.445. The molecule has 11 heteroatoms. The maximum atomic E-state index is 12.8. The highest BCUT2D eigenvalue weighted by Crippen LogP contribution is 2.39. The van der Waals surface area contributed by atoms with E-state index in [-0.39, 0.29) is 37.2 Å². The van der Waals surface area contributed by atoms with Gasteiger partial charge in [-0.15, -0.1) is 6.58 Å². The second-order valence-electron chi connectivity index (χ2n) is 5.31. The molecule has 0 fully saturated rings. The molecule has 0 aliphatic heterocycles. The summed E-state index contributed by atoms with van der Waals surface area (Å²) in [5.41, 5.74) is 0.536. The maximum Gasteiger partial charge on any atom is 0.311 e. The number of sulfonamides is 1. The Labute approximate surface area is 176 Å². The van der Waals surface area contributed by atoms with Crippen molar-refractivity contribution in [2.45, 2.75) is 25.5 Å². The highest BCUT2D eigenvalue weighted by molar-refractivity contribution is 7.93. The molecule has 1 atom stereocenters. The lowest BCUT2D eigenvalue weighted by Crippen LogP contribution is -2.20. The average Bonchev–Trinajstić information content (AvgIpc) is 2.88. The van der Waals surface area contributed by atoms with Gasteiger partial charge in [0, 0.05) is 27.1 Å². The Balaban J connectivity index is 2.36.